The molecule has 0 heterocycles. The molecule has 35 valence electrons. The Balaban J connectivity index is 0. The van der Waals surface area contributed by atoms with Crippen LogP contribution in [0.3, 0.4) is 0 Å². The first-order valence-corrected chi connectivity index (χ1v) is 1.91. The first-order chi connectivity index (χ1) is 2.41. The smallest absolute Gasteiger partial charge is 0 e. The van der Waals surface area contributed by atoms with Crippen LogP contribution in [0.15, 0.2) is 0 Å². The molecule has 1 radical (unpaired) electrons. The van der Waals surface area contributed by atoms with E-state index < -0.39 is 0 Å². The van der Waals surface area contributed by atoms with Gasteiger partial charge in [-0.15, -0.1) is 0 Å². The van der Waals surface area contributed by atoms with Crippen LogP contribution in [0.1, 0.15) is 13.3 Å². The molecule has 0 aliphatic heterocycles. The molecule has 0 saturated carbocycles. The molecular weight excluding hydrogens is 151 g/mol. The van der Waals surface area contributed by atoms with Crippen molar-refractivity contribution in [1.82, 2.24) is 5.32 Å². The van der Waals surface area contributed by atoms with E-state index in [2.05, 4.69) is 19.3 Å². The first-order valence-electron chi connectivity index (χ1n) is 1.91. The SMILES string of the molecule is [CH2-]NCCC.[Y]. The summed E-state index contributed by atoms with van der Waals surface area (Å²) in [6.45, 7) is 3.14. The van der Waals surface area contributed by atoms with Crippen molar-refractivity contribution in [3.8, 4) is 0 Å². The van der Waals surface area contributed by atoms with Crippen LogP contribution >= 0.6 is 0 Å². The summed E-state index contributed by atoms with van der Waals surface area (Å²) in [5.74, 6) is 0. The van der Waals surface area contributed by atoms with Gasteiger partial charge in [-0.05, 0) is 13.0 Å². The Morgan fingerprint density at radius 1 is 1.67 bits per heavy atom. The molecule has 0 aliphatic carbocycles. The van der Waals surface area contributed by atoms with Crippen molar-refractivity contribution in [1.29, 1.82) is 0 Å². The topological polar surface area (TPSA) is 12.0 Å². The van der Waals surface area contributed by atoms with Crippen LogP contribution in [0.2, 0.25) is 0 Å². The summed E-state index contributed by atoms with van der Waals surface area (Å²) < 4.78 is 0. The average molecular weight is 161 g/mol. The van der Waals surface area contributed by atoms with Crippen LogP contribution in [0.25, 0.3) is 0 Å². The minimum Gasteiger partial charge on any atom is -0.473 e. The van der Waals surface area contributed by atoms with E-state index in [9.17, 15) is 0 Å². The van der Waals surface area contributed by atoms with Crippen molar-refractivity contribution in [2.24, 2.45) is 0 Å². The molecule has 0 rings (SSSR count). The zero-order valence-corrected chi connectivity index (χ0v) is 7.04. The van der Waals surface area contributed by atoms with E-state index in [-0.39, 0.29) is 32.7 Å². The van der Waals surface area contributed by atoms with E-state index in [1.54, 1.807) is 0 Å². The number of hydrogen-bond donors (Lipinski definition) is 1. The molecule has 1 nitrogen and oxygen atoms in total. The number of nitrogens with one attached hydrogen (secondary N) is 1. The van der Waals surface area contributed by atoms with E-state index in [0.717, 1.165) is 6.54 Å². The summed E-state index contributed by atoms with van der Waals surface area (Å²) in [6, 6.07) is 0. The quantitative estimate of drug-likeness (QED) is 0.590. The Morgan fingerprint density at radius 2 is 2.17 bits per heavy atom. The molecule has 0 aromatic carbocycles. The molecule has 0 saturated heterocycles. The van der Waals surface area contributed by atoms with Crippen molar-refractivity contribution in [2.75, 3.05) is 6.54 Å². The molecule has 0 bridgehead atoms. The Labute approximate surface area is 64.8 Å². The van der Waals surface area contributed by atoms with Crippen molar-refractivity contribution in [3.63, 3.8) is 0 Å². The molecule has 0 unspecified atom stereocenters. The Bertz CT molecular complexity index is 15.0. The van der Waals surface area contributed by atoms with Gasteiger partial charge in [0.15, 0.2) is 0 Å². The van der Waals surface area contributed by atoms with Crippen LogP contribution in [0.5, 0.6) is 0 Å². The predicted molar refractivity (Wildman–Crippen MR) is 23.7 cm³/mol. The largest absolute Gasteiger partial charge is 0.473 e. The zero-order chi connectivity index (χ0) is 4.12. The Morgan fingerprint density at radius 3 is 2.17 bits per heavy atom. The standard InChI is InChI=1S/C4H10N.Y/c1-3-4-5-2;/h5H,2-4H2,1H3;/q-1;. The van der Waals surface area contributed by atoms with E-state index >= 15 is 0 Å². The Hall–Kier alpha value is 1.06. The molecule has 0 aromatic rings. The minimum absolute atomic E-state index is 0. The van der Waals surface area contributed by atoms with Gasteiger partial charge < -0.3 is 5.32 Å². The van der Waals surface area contributed by atoms with Gasteiger partial charge in [-0.2, -0.15) is 0 Å². The summed E-state index contributed by atoms with van der Waals surface area (Å²) in [5, 5.41) is 2.77. The number of rotatable bonds is 2. The van der Waals surface area contributed by atoms with Crippen LogP contribution in [-0.2, 0) is 32.7 Å². The predicted octanol–water partition coefficient (Wildman–Crippen LogP) is 0.775. The third-order valence-electron chi connectivity index (χ3n) is 0.427. The molecule has 0 amide bonds. The third kappa shape index (κ3) is 8.91. The fourth-order valence-electron chi connectivity index (χ4n) is 0.177. The maximum Gasteiger partial charge on any atom is 0 e. The maximum atomic E-state index is 3.43. The van der Waals surface area contributed by atoms with E-state index in [0.29, 0.717) is 0 Å². The molecule has 0 fully saturated rings. The third-order valence-corrected chi connectivity index (χ3v) is 0.427. The van der Waals surface area contributed by atoms with E-state index in [1.165, 1.54) is 6.42 Å². The van der Waals surface area contributed by atoms with Gasteiger partial charge in [0.25, 0.3) is 0 Å². The zero-order valence-electron chi connectivity index (χ0n) is 4.20. The van der Waals surface area contributed by atoms with Gasteiger partial charge in [0, 0.05) is 32.7 Å². The van der Waals surface area contributed by atoms with Crippen molar-refractivity contribution >= 4 is 0 Å². The van der Waals surface area contributed by atoms with Crippen molar-refractivity contribution in [2.45, 2.75) is 13.3 Å². The second-order valence-corrected chi connectivity index (χ2v) is 1.000. The van der Waals surface area contributed by atoms with Gasteiger partial charge in [0.05, 0.1) is 0 Å². The molecular formula is C4H10NY-. The first kappa shape index (κ1) is 10.1. The van der Waals surface area contributed by atoms with Crippen LogP contribution < -0.4 is 5.32 Å². The average Bonchev–Trinajstić information content (AvgIpc) is 1.41. The fraction of sp³-hybridized carbons (Fsp3) is 0.750. The van der Waals surface area contributed by atoms with Gasteiger partial charge in [-0.1, -0.05) is 6.92 Å². The van der Waals surface area contributed by atoms with Crippen LogP contribution in [0.4, 0.5) is 0 Å². The van der Waals surface area contributed by atoms with Gasteiger partial charge in [-0.25, -0.2) is 0 Å². The molecule has 2 heteroatoms. The van der Waals surface area contributed by atoms with Crippen molar-refractivity contribution < 1.29 is 32.7 Å². The van der Waals surface area contributed by atoms with Crippen LogP contribution in [-0.4, -0.2) is 6.54 Å². The molecule has 0 aliphatic rings. The fourth-order valence-corrected chi connectivity index (χ4v) is 0.177. The maximum absolute atomic E-state index is 3.43. The normalized spacial score (nSPS) is 7.00. The van der Waals surface area contributed by atoms with Crippen molar-refractivity contribution in [3.05, 3.63) is 7.05 Å². The van der Waals surface area contributed by atoms with E-state index in [1.807, 2.05) is 0 Å². The summed E-state index contributed by atoms with van der Waals surface area (Å²) in [5.41, 5.74) is 0. The van der Waals surface area contributed by atoms with E-state index in [4.69, 9.17) is 0 Å². The summed E-state index contributed by atoms with van der Waals surface area (Å²) >= 11 is 0. The minimum atomic E-state index is 0. The van der Waals surface area contributed by atoms with Crippen LogP contribution in [0, 0.1) is 7.05 Å². The van der Waals surface area contributed by atoms with Gasteiger partial charge in [-0.3, -0.25) is 7.05 Å². The summed E-state index contributed by atoms with van der Waals surface area (Å²) in [4.78, 5) is 0. The molecule has 0 spiro atoms. The molecule has 6 heavy (non-hydrogen) atoms. The molecule has 1 N–H and O–H groups in total. The van der Waals surface area contributed by atoms with Gasteiger partial charge in [0.2, 0.25) is 0 Å². The van der Waals surface area contributed by atoms with Gasteiger partial charge >= 0.3 is 0 Å². The van der Waals surface area contributed by atoms with Gasteiger partial charge in [0.1, 0.15) is 0 Å². The molecule has 0 atom stereocenters. The molecule has 0 aromatic heterocycles. The number of hydrogen-bond acceptors (Lipinski definition) is 1. The Kier molecular flexibility index (Phi) is 15.9. The summed E-state index contributed by atoms with van der Waals surface area (Å²) in [6.07, 6.45) is 1.17. The summed E-state index contributed by atoms with van der Waals surface area (Å²) in [7, 11) is 3.43. The second-order valence-electron chi connectivity index (χ2n) is 1.000. The monoisotopic (exact) mass is 161 g/mol. The second kappa shape index (κ2) is 9.42.